The SMILES string of the molecule is CCC1CN(c2ccc(/C=C/C(=O)O)c(Br)c2)CCO1. The van der Waals surface area contributed by atoms with E-state index < -0.39 is 5.97 Å². The Morgan fingerprint density at radius 2 is 2.40 bits per heavy atom. The van der Waals surface area contributed by atoms with Crippen molar-refractivity contribution in [1.29, 1.82) is 0 Å². The summed E-state index contributed by atoms with van der Waals surface area (Å²) in [5.41, 5.74) is 1.99. The minimum atomic E-state index is -0.944. The average molecular weight is 340 g/mol. The Bertz CT molecular complexity index is 516. The zero-order valence-corrected chi connectivity index (χ0v) is 13.0. The van der Waals surface area contributed by atoms with Crippen molar-refractivity contribution in [3.63, 3.8) is 0 Å². The van der Waals surface area contributed by atoms with Crippen LogP contribution in [0.2, 0.25) is 0 Å². The monoisotopic (exact) mass is 339 g/mol. The maximum Gasteiger partial charge on any atom is 0.328 e. The molecule has 0 radical (unpaired) electrons. The first-order valence-corrected chi connectivity index (χ1v) is 7.46. The van der Waals surface area contributed by atoms with Gasteiger partial charge in [-0.15, -0.1) is 0 Å². The van der Waals surface area contributed by atoms with Gasteiger partial charge in [-0.1, -0.05) is 28.9 Å². The van der Waals surface area contributed by atoms with Gasteiger partial charge in [0, 0.05) is 29.3 Å². The summed E-state index contributed by atoms with van der Waals surface area (Å²) in [5, 5.41) is 8.66. The van der Waals surface area contributed by atoms with Crippen LogP contribution >= 0.6 is 15.9 Å². The van der Waals surface area contributed by atoms with E-state index in [2.05, 4.69) is 27.8 Å². The molecular weight excluding hydrogens is 322 g/mol. The van der Waals surface area contributed by atoms with E-state index >= 15 is 0 Å². The lowest BCUT2D eigenvalue weighted by atomic mass is 10.1. The number of carbonyl (C=O) groups is 1. The van der Waals surface area contributed by atoms with Crippen LogP contribution in [0.5, 0.6) is 0 Å². The number of hydrogen-bond acceptors (Lipinski definition) is 3. The molecule has 0 spiro atoms. The number of anilines is 1. The van der Waals surface area contributed by atoms with Gasteiger partial charge in [0.05, 0.1) is 12.7 Å². The summed E-state index contributed by atoms with van der Waals surface area (Å²) in [6, 6.07) is 5.97. The van der Waals surface area contributed by atoms with Crippen LogP contribution in [-0.2, 0) is 9.53 Å². The van der Waals surface area contributed by atoms with Crippen LogP contribution in [0.3, 0.4) is 0 Å². The average Bonchev–Trinajstić information content (AvgIpc) is 2.46. The Labute approximate surface area is 127 Å². The quantitative estimate of drug-likeness (QED) is 0.856. The van der Waals surface area contributed by atoms with Crippen LogP contribution in [0.25, 0.3) is 6.08 Å². The molecule has 1 fully saturated rings. The van der Waals surface area contributed by atoms with Crippen LogP contribution in [0, 0.1) is 0 Å². The van der Waals surface area contributed by atoms with Crippen molar-refractivity contribution in [2.45, 2.75) is 19.4 Å². The summed E-state index contributed by atoms with van der Waals surface area (Å²) in [6.07, 6.45) is 4.03. The normalized spacial score (nSPS) is 19.5. The Hall–Kier alpha value is -1.33. The number of nitrogens with zero attached hydrogens (tertiary/aromatic N) is 1. The van der Waals surface area contributed by atoms with Crippen molar-refractivity contribution in [3.05, 3.63) is 34.3 Å². The first kappa shape index (κ1) is 15.1. The van der Waals surface area contributed by atoms with Crippen molar-refractivity contribution in [2.24, 2.45) is 0 Å². The van der Waals surface area contributed by atoms with E-state index in [1.807, 2.05) is 18.2 Å². The molecule has 108 valence electrons. The molecule has 0 saturated carbocycles. The molecule has 1 aliphatic rings. The first-order chi connectivity index (χ1) is 9.60. The number of hydrogen-bond donors (Lipinski definition) is 1. The van der Waals surface area contributed by atoms with Crippen LogP contribution in [0.1, 0.15) is 18.9 Å². The largest absolute Gasteiger partial charge is 0.478 e. The van der Waals surface area contributed by atoms with E-state index in [4.69, 9.17) is 9.84 Å². The van der Waals surface area contributed by atoms with Gasteiger partial charge in [0.2, 0.25) is 0 Å². The van der Waals surface area contributed by atoms with E-state index in [1.165, 1.54) is 0 Å². The van der Waals surface area contributed by atoms with Gasteiger partial charge in [-0.3, -0.25) is 0 Å². The molecule has 0 bridgehead atoms. The van der Waals surface area contributed by atoms with Gasteiger partial charge in [0.1, 0.15) is 0 Å². The lowest BCUT2D eigenvalue weighted by Gasteiger charge is -2.34. The second-order valence-corrected chi connectivity index (χ2v) is 5.58. The maximum absolute atomic E-state index is 10.5. The minimum Gasteiger partial charge on any atom is -0.478 e. The van der Waals surface area contributed by atoms with Crippen LogP contribution in [-0.4, -0.2) is 36.9 Å². The fraction of sp³-hybridized carbons (Fsp3) is 0.400. The molecule has 4 nitrogen and oxygen atoms in total. The number of benzene rings is 1. The second-order valence-electron chi connectivity index (χ2n) is 4.72. The molecule has 5 heteroatoms. The van der Waals surface area contributed by atoms with Crippen molar-refractivity contribution >= 4 is 33.7 Å². The number of carboxylic acids is 1. The molecule has 0 amide bonds. The number of carboxylic acid groups (broad SMARTS) is 1. The smallest absolute Gasteiger partial charge is 0.328 e. The van der Waals surface area contributed by atoms with Gasteiger partial charge in [0.25, 0.3) is 0 Å². The minimum absolute atomic E-state index is 0.286. The lowest BCUT2D eigenvalue weighted by molar-refractivity contribution is -0.131. The molecule has 1 heterocycles. The number of rotatable bonds is 4. The summed E-state index contributed by atoms with van der Waals surface area (Å²) in [5.74, 6) is -0.944. The Morgan fingerprint density at radius 3 is 3.05 bits per heavy atom. The summed E-state index contributed by atoms with van der Waals surface area (Å²) in [4.78, 5) is 12.8. The van der Waals surface area contributed by atoms with Crippen LogP contribution in [0.4, 0.5) is 5.69 Å². The molecule has 1 aromatic rings. The van der Waals surface area contributed by atoms with E-state index in [1.54, 1.807) is 6.08 Å². The fourth-order valence-electron chi connectivity index (χ4n) is 2.21. The van der Waals surface area contributed by atoms with E-state index in [-0.39, 0.29) is 6.10 Å². The zero-order chi connectivity index (χ0) is 14.5. The highest BCUT2D eigenvalue weighted by atomic mass is 79.9. The predicted molar refractivity (Wildman–Crippen MR) is 83.1 cm³/mol. The molecule has 1 aliphatic heterocycles. The van der Waals surface area contributed by atoms with Crippen molar-refractivity contribution in [2.75, 3.05) is 24.6 Å². The molecule has 1 N–H and O–H groups in total. The van der Waals surface area contributed by atoms with Gasteiger partial charge < -0.3 is 14.7 Å². The number of halogens is 1. The Morgan fingerprint density at radius 1 is 1.60 bits per heavy atom. The number of morpholine rings is 1. The lowest BCUT2D eigenvalue weighted by Crippen LogP contribution is -2.42. The first-order valence-electron chi connectivity index (χ1n) is 6.67. The fourth-order valence-corrected chi connectivity index (χ4v) is 2.71. The molecule has 1 saturated heterocycles. The Kier molecular flexibility index (Phi) is 5.20. The molecule has 20 heavy (non-hydrogen) atoms. The maximum atomic E-state index is 10.5. The third-order valence-electron chi connectivity index (χ3n) is 3.35. The second kappa shape index (κ2) is 6.90. The highest BCUT2D eigenvalue weighted by Gasteiger charge is 2.19. The molecule has 1 unspecified atom stereocenters. The predicted octanol–water partition coefficient (Wildman–Crippen LogP) is 3.16. The number of ether oxygens (including phenoxy) is 1. The van der Waals surface area contributed by atoms with E-state index in [0.29, 0.717) is 0 Å². The van der Waals surface area contributed by atoms with Crippen molar-refractivity contribution in [1.82, 2.24) is 0 Å². The summed E-state index contributed by atoms with van der Waals surface area (Å²) in [6.45, 7) is 4.65. The third kappa shape index (κ3) is 3.84. The van der Waals surface area contributed by atoms with Gasteiger partial charge >= 0.3 is 5.97 Å². The molecular formula is C15H18BrNO3. The van der Waals surface area contributed by atoms with Crippen LogP contribution in [0.15, 0.2) is 28.7 Å². The van der Waals surface area contributed by atoms with Crippen LogP contribution < -0.4 is 4.90 Å². The standard InChI is InChI=1S/C15H18BrNO3/c1-2-13-10-17(7-8-20-13)12-5-3-11(14(16)9-12)4-6-15(18)19/h3-6,9,13H,2,7-8,10H2,1H3,(H,18,19)/b6-4+. The number of aliphatic carboxylic acids is 1. The van der Waals surface area contributed by atoms with Gasteiger partial charge in [-0.2, -0.15) is 0 Å². The summed E-state index contributed by atoms with van der Waals surface area (Å²) >= 11 is 3.49. The van der Waals surface area contributed by atoms with Gasteiger partial charge in [-0.05, 0) is 30.2 Å². The van der Waals surface area contributed by atoms with Crippen molar-refractivity contribution in [3.8, 4) is 0 Å². The third-order valence-corrected chi connectivity index (χ3v) is 4.04. The van der Waals surface area contributed by atoms with E-state index in [0.717, 1.165) is 47.9 Å². The van der Waals surface area contributed by atoms with Crippen molar-refractivity contribution < 1.29 is 14.6 Å². The summed E-state index contributed by atoms with van der Waals surface area (Å²) in [7, 11) is 0. The Balaban J connectivity index is 2.14. The zero-order valence-electron chi connectivity index (χ0n) is 11.4. The molecule has 0 aliphatic carbocycles. The highest BCUT2D eigenvalue weighted by Crippen LogP contribution is 2.26. The molecule has 2 rings (SSSR count). The molecule has 1 atom stereocenters. The van der Waals surface area contributed by atoms with Gasteiger partial charge in [0.15, 0.2) is 0 Å². The topological polar surface area (TPSA) is 49.8 Å². The highest BCUT2D eigenvalue weighted by molar-refractivity contribution is 9.10. The molecule has 1 aromatic carbocycles. The van der Waals surface area contributed by atoms with E-state index in [9.17, 15) is 4.79 Å². The molecule has 0 aromatic heterocycles. The van der Waals surface area contributed by atoms with Gasteiger partial charge in [-0.25, -0.2) is 4.79 Å². The summed E-state index contributed by atoms with van der Waals surface area (Å²) < 4.78 is 6.56.